The van der Waals surface area contributed by atoms with Crippen molar-refractivity contribution in [3.63, 3.8) is 0 Å². The largest absolute Gasteiger partial charge is 0.481 e. The molecule has 1 aliphatic carbocycles. The molecule has 0 atom stereocenters. The lowest BCUT2D eigenvalue weighted by atomic mass is 9.97. The number of carbonyl (C=O) groups excluding carboxylic acids is 1. The molecular formula is C30H37FN2O7S. The first-order valence-corrected chi connectivity index (χ1v) is 15.2. The third-order valence-corrected chi connectivity index (χ3v) is 8.05. The normalized spacial score (nSPS) is 13.4. The number of nitrogens with zero attached hydrogens (tertiary/aromatic N) is 1. The second-order valence-electron chi connectivity index (χ2n) is 10.4. The highest BCUT2D eigenvalue weighted by Gasteiger charge is 2.30. The van der Waals surface area contributed by atoms with Crippen LogP contribution in [-0.2, 0) is 27.0 Å². The van der Waals surface area contributed by atoms with Crippen LogP contribution in [-0.4, -0.2) is 56.5 Å². The van der Waals surface area contributed by atoms with E-state index in [4.69, 9.17) is 14.3 Å². The molecule has 222 valence electrons. The van der Waals surface area contributed by atoms with Gasteiger partial charge in [-0.15, -0.1) is 0 Å². The van der Waals surface area contributed by atoms with Gasteiger partial charge in [0.2, 0.25) is 10.9 Å². The van der Waals surface area contributed by atoms with Crippen LogP contribution in [0.4, 0.5) is 4.39 Å². The zero-order chi connectivity index (χ0) is 29.4. The Morgan fingerprint density at radius 2 is 1.78 bits per heavy atom. The Morgan fingerprint density at radius 3 is 2.41 bits per heavy atom. The smallest absolute Gasteiger partial charge is 0.303 e. The number of thiol groups is 1. The van der Waals surface area contributed by atoms with Gasteiger partial charge < -0.3 is 19.6 Å². The number of hydrogen-bond acceptors (Lipinski definition) is 6. The standard InChI is InChI=1S/C30H37FN2O7S/c1-32-30(36)28-25-18-24(20-8-9-20)22(17-26(25)40-29(28)21-10-12-23(31)13-11-21)19-33(41(37)38)14-4-2-5-15-39-16-6-3-7-27(34)35/h10-13,17-18,20,41H,2-9,14-16,19H2,1H3,(H,32,36)(H,34,35). The number of amides is 1. The Bertz CT molecular complexity index is 1420. The Labute approximate surface area is 240 Å². The molecule has 2 aromatic carbocycles. The molecule has 2 N–H and O–H groups in total. The highest BCUT2D eigenvalue weighted by atomic mass is 32.2. The van der Waals surface area contributed by atoms with E-state index in [2.05, 4.69) is 5.32 Å². The summed E-state index contributed by atoms with van der Waals surface area (Å²) in [6.45, 7) is 1.67. The van der Waals surface area contributed by atoms with Crippen molar-refractivity contribution >= 4 is 33.7 Å². The van der Waals surface area contributed by atoms with Crippen molar-refractivity contribution in [2.75, 3.05) is 26.8 Å². The Kier molecular flexibility index (Phi) is 10.9. The fourth-order valence-corrected chi connectivity index (χ4v) is 5.51. The summed E-state index contributed by atoms with van der Waals surface area (Å²) >= 11 is 0. The number of benzene rings is 2. The van der Waals surface area contributed by atoms with E-state index < -0.39 is 22.7 Å². The summed E-state index contributed by atoms with van der Waals surface area (Å²) in [6.07, 6.45) is 5.72. The molecule has 0 unspecified atom stereocenters. The molecule has 0 aliphatic heterocycles. The number of nitrogens with one attached hydrogen (secondary N) is 1. The number of rotatable bonds is 17. The van der Waals surface area contributed by atoms with Crippen molar-refractivity contribution < 1.29 is 36.7 Å². The van der Waals surface area contributed by atoms with E-state index >= 15 is 0 Å². The van der Waals surface area contributed by atoms with Crippen LogP contribution in [0.2, 0.25) is 0 Å². The minimum absolute atomic E-state index is 0.145. The van der Waals surface area contributed by atoms with E-state index in [-0.39, 0.29) is 18.9 Å². The molecule has 1 amide bonds. The predicted octanol–water partition coefficient (Wildman–Crippen LogP) is 5.25. The summed E-state index contributed by atoms with van der Waals surface area (Å²) in [5.41, 5.74) is 3.30. The van der Waals surface area contributed by atoms with Crippen LogP contribution in [0, 0.1) is 5.82 Å². The predicted molar refractivity (Wildman–Crippen MR) is 154 cm³/mol. The van der Waals surface area contributed by atoms with E-state index in [1.807, 2.05) is 12.1 Å². The number of fused-ring (bicyclic) bond motifs is 1. The summed E-state index contributed by atoms with van der Waals surface area (Å²) in [6, 6.07) is 9.55. The lowest BCUT2D eigenvalue weighted by Crippen LogP contribution is -2.23. The van der Waals surface area contributed by atoms with E-state index in [9.17, 15) is 22.4 Å². The summed E-state index contributed by atoms with van der Waals surface area (Å²) in [4.78, 5) is 23.5. The molecule has 4 rings (SSSR count). The van der Waals surface area contributed by atoms with Crippen molar-refractivity contribution in [3.05, 3.63) is 58.9 Å². The summed E-state index contributed by atoms with van der Waals surface area (Å²) in [7, 11) is -1.27. The number of hydrogen-bond donors (Lipinski definition) is 3. The number of ether oxygens (including phenoxy) is 1. The van der Waals surface area contributed by atoms with E-state index in [0.717, 1.165) is 36.8 Å². The van der Waals surface area contributed by atoms with Crippen LogP contribution in [0.1, 0.15) is 78.8 Å². The van der Waals surface area contributed by atoms with Gasteiger partial charge in [0.05, 0.1) is 5.56 Å². The highest BCUT2D eigenvalue weighted by Crippen LogP contribution is 2.45. The first kappa shape index (κ1) is 30.7. The molecule has 9 nitrogen and oxygen atoms in total. The Hall–Kier alpha value is -3.28. The third-order valence-electron chi connectivity index (χ3n) is 7.25. The van der Waals surface area contributed by atoms with Crippen LogP contribution >= 0.6 is 0 Å². The number of halogens is 1. The van der Waals surface area contributed by atoms with Crippen molar-refractivity contribution in [3.8, 4) is 11.3 Å². The quantitative estimate of drug-likeness (QED) is 0.145. The number of carbonyl (C=O) groups is 2. The van der Waals surface area contributed by atoms with Gasteiger partial charge in [0.15, 0.2) is 0 Å². The van der Waals surface area contributed by atoms with Crippen LogP contribution in [0.25, 0.3) is 22.3 Å². The monoisotopic (exact) mass is 588 g/mol. The molecular weight excluding hydrogens is 551 g/mol. The van der Waals surface area contributed by atoms with Crippen LogP contribution in [0.5, 0.6) is 0 Å². The molecule has 0 saturated heterocycles. The molecule has 41 heavy (non-hydrogen) atoms. The zero-order valence-electron chi connectivity index (χ0n) is 23.2. The minimum Gasteiger partial charge on any atom is -0.481 e. The average Bonchev–Trinajstić information content (AvgIpc) is 3.73. The maximum absolute atomic E-state index is 13.6. The fourth-order valence-electron chi connectivity index (χ4n) is 4.94. The molecule has 0 spiro atoms. The molecule has 1 heterocycles. The Morgan fingerprint density at radius 1 is 1.07 bits per heavy atom. The second kappa shape index (κ2) is 14.6. The van der Waals surface area contributed by atoms with Crippen LogP contribution in [0.15, 0.2) is 40.8 Å². The fraction of sp³-hybridized carbons (Fsp3) is 0.467. The summed E-state index contributed by atoms with van der Waals surface area (Å²) in [5.74, 6) is -0.865. The first-order chi connectivity index (χ1) is 19.8. The van der Waals surface area contributed by atoms with Gasteiger partial charge in [0.1, 0.15) is 17.2 Å². The van der Waals surface area contributed by atoms with Crippen LogP contribution < -0.4 is 5.32 Å². The van der Waals surface area contributed by atoms with E-state index in [1.54, 1.807) is 19.2 Å². The van der Waals surface area contributed by atoms with Gasteiger partial charge in [-0.1, -0.05) is 0 Å². The molecule has 0 radical (unpaired) electrons. The van der Waals surface area contributed by atoms with Gasteiger partial charge in [-0.25, -0.2) is 12.8 Å². The summed E-state index contributed by atoms with van der Waals surface area (Å²) < 4.78 is 51.0. The SMILES string of the molecule is CNC(=O)c1c(-c2ccc(F)cc2)oc2cc(CN(CCCCCOCCCCC(=O)O)[SH](=O)=O)c(C3CC3)cc12. The van der Waals surface area contributed by atoms with Gasteiger partial charge in [-0.3, -0.25) is 9.59 Å². The number of furan rings is 1. The third kappa shape index (κ3) is 8.37. The lowest BCUT2D eigenvalue weighted by Gasteiger charge is -2.18. The molecule has 1 fully saturated rings. The number of carboxylic acids is 1. The molecule has 1 aliphatic rings. The van der Waals surface area contributed by atoms with E-state index in [0.29, 0.717) is 72.8 Å². The molecule has 0 bridgehead atoms. The number of unbranched alkanes of at least 4 members (excludes halogenated alkanes) is 3. The van der Waals surface area contributed by atoms with Gasteiger partial charge in [0, 0.05) is 50.7 Å². The molecule has 3 aromatic rings. The van der Waals surface area contributed by atoms with Gasteiger partial charge in [-0.05, 0) is 98.4 Å². The van der Waals surface area contributed by atoms with Gasteiger partial charge in [-0.2, -0.15) is 4.31 Å². The summed E-state index contributed by atoms with van der Waals surface area (Å²) in [5, 5.41) is 12.0. The van der Waals surface area contributed by atoms with E-state index in [1.165, 1.54) is 16.4 Å². The molecule has 11 heteroatoms. The first-order valence-electron chi connectivity index (χ1n) is 14.0. The van der Waals surface area contributed by atoms with Crippen molar-refractivity contribution in [2.45, 2.75) is 63.8 Å². The lowest BCUT2D eigenvalue weighted by molar-refractivity contribution is -0.137. The van der Waals surface area contributed by atoms with Crippen LogP contribution in [0.3, 0.4) is 0 Å². The van der Waals surface area contributed by atoms with Gasteiger partial charge >= 0.3 is 5.97 Å². The second-order valence-corrected chi connectivity index (χ2v) is 11.4. The average molecular weight is 589 g/mol. The zero-order valence-corrected chi connectivity index (χ0v) is 24.1. The molecule has 1 aromatic heterocycles. The maximum atomic E-state index is 13.6. The Balaban J connectivity index is 1.46. The van der Waals surface area contributed by atoms with Crippen molar-refractivity contribution in [1.29, 1.82) is 0 Å². The topological polar surface area (TPSA) is 126 Å². The molecule has 1 saturated carbocycles. The van der Waals surface area contributed by atoms with Crippen molar-refractivity contribution in [1.82, 2.24) is 9.62 Å². The minimum atomic E-state index is -2.81. The number of aliphatic carboxylic acids is 1. The highest BCUT2D eigenvalue weighted by molar-refractivity contribution is 7.69. The van der Waals surface area contributed by atoms with Crippen molar-refractivity contribution in [2.24, 2.45) is 0 Å². The van der Waals surface area contributed by atoms with Gasteiger partial charge in [0.25, 0.3) is 5.91 Å². The number of carboxylic acid groups (broad SMARTS) is 1. The maximum Gasteiger partial charge on any atom is 0.303 e.